The van der Waals surface area contributed by atoms with Crippen molar-refractivity contribution in [2.45, 2.75) is 46.6 Å². The van der Waals surface area contributed by atoms with Crippen LogP contribution in [0, 0.1) is 25.7 Å². The largest absolute Gasteiger partial charge is 0.381 e. The first-order valence-corrected chi connectivity index (χ1v) is 10.2. The van der Waals surface area contributed by atoms with Gasteiger partial charge in [0.2, 0.25) is 0 Å². The molecular formula is C20H37N5O2. The molecule has 2 N–H and O–H groups in total. The first kappa shape index (κ1) is 21.7. The van der Waals surface area contributed by atoms with Gasteiger partial charge in [0.15, 0.2) is 5.96 Å². The molecular weight excluding hydrogens is 342 g/mol. The second-order valence-electron chi connectivity index (χ2n) is 7.58. The van der Waals surface area contributed by atoms with Crippen LogP contribution in [0.2, 0.25) is 0 Å². The maximum atomic E-state index is 5.80. The summed E-state index contributed by atoms with van der Waals surface area (Å²) >= 11 is 0. The molecule has 0 aromatic carbocycles. The molecule has 1 aromatic rings. The molecule has 1 aliphatic heterocycles. The van der Waals surface area contributed by atoms with E-state index in [4.69, 9.17) is 9.47 Å². The molecule has 0 amide bonds. The van der Waals surface area contributed by atoms with Gasteiger partial charge in [-0.3, -0.25) is 9.67 Å². The third-order valence-corrected chi connectivity index (χ3v) is 4.88. The average molecular weight is 380 g/mol. The van der Waals surface area contributed by atoms with E-state index >= 15 is 0 Å². The summed E-state index contributed by atoms with van der Waals surface area (Å²) in [6.45, 7) is 12.4. The number of guanidine groups is 1. The molecule has 0 radical (unpaired) electrons. The Balaban J connectivity index is 1.53. The number of nitrogens with zero attached hydrogens (tertiary/aromatic N) is 3. The predicted octanol–water partition coefficient (Wildman–Crippen LogP) is 2.13. The van der Waals surface area contributed by atoms with Crippen molar-refractivity contribution in [3.63, 3.8) is 0 Å². The second kappa shape index (κ2) is 12.0. The van der Waals surface area contributed by atoms with Crippen LogP contribution >= 0.6 is 0 Å². The molecule has 0 aliphatic carbocycles. The molecule has 27 heavy (non-hydrogen) atoms. The molecule has 0 saturated carbocycles. The first-order valence-electron chi connectivity index (χ1n) is 10.2. The zero-order chi connectivity index (χ0) is 19.5. The van der Waals surface area contributed by atoms with E-state index in [1.54, 1.807) is 0 Å². The lowest BCUT2D eigenvalue weighted by Crippen LogP contribution is -2.40. The Labute approximate surface area is 163 Å². The SMILES string of the molecule is CN=C(NCCCOCC1CCOCC1)NCC(C)Cn1nc(C)cc1C. The summed E-state index contributed by atoms with van der Waals surface area (Å²) in [6, 6.07) is 2.12. The van der Waals surface area contributed by atoms with Crippen molar-refractivity contribution in [3.8, 4) is 0 Å². The number of aromatic nitrogens is 2. The zero-order valence-corrected chi connectivity index (χ0v) is 17.5. The molecule has 1 saturated heterocycles. The van der Waals surface area contributed by atoms with Gasteiger partial charge in [-0.15, -0.1) is 0 Å². The van der Waals surface area contributed by atoms with Crippen molar-refractivity contribution >= 4 is 5.96 Å². The van der Waals surface area contributed by atoms with E-state index in [2.05, 4.69) is 45.3 Å². The molecule has 154 valence electrons. The van der Waals surface area contributed by atoms with E-state index in [9.17, 15) is 0 Å². The molecule has 0 spiro atoms. The summed E-state index contributed by atoms with van der Waals surface area (Å²) in [7, 11) is 1.81. The minimum absolute atomic E-state index is 0.462. The molecule has 7 nitrogen and oxygen atoms in total. The molecule has 1 aromatic heterocycles. The fourth-order valence-corrected chi connectivity index (χ4v) is 3.26. The van der Waals surface area contributed by atoms with Crippen LogP contribution in [0.15, 0.2) is 11.1 Å². The third-order valence-electron chi connectivity index (χ3n) is 4.88. The maximum Gasteiger partial charge on any atom is 0.190 e. The van der Waals surface area contributed by atoms with E-state index in [0.717, 1.165) is 77.0 Å². The smallest absolute Gasteiger partial charge is 0.190 e. The van der Waals surface area contributed by atoms with Crippen LogP contribution < -0.4 is 10.6 Å². The number of hydrogen-bond donors (Lipinski definition) is 2. The van der Waals surface area contributed by atoms with Crippen LogP contribution in [0.5, 0.6) is 0 Å². The number of rotatable bonds is 10. The molecule has 1 fully saturated rings. The zero-order valence-electron chi connectivity index (χ0n) is 17.5. The fourth-order valence-electron chi connectivity index (χ4n) is 3.26. The number of aliphatic imine (C=N–C) groups is 1. The lowest BCUT2D eigenvalue weighted by molar-refractivity contribution is 0.0203. The minimum atomic E-state index is 0.462. The maximum absolute atomic E-state index is 5.80. The Morgan fingerprint density at radius 2 is 2.15 bits per heavy atom. The number of ether oxygens (including phenoxy) is 2. The van der Waals surface area contributed by atoms with Gasteiger partial charge >= 0.3 is 0 Å². The van der Waals surface area contributed by atoms with Crippen molar-refractivity contribution in [3.05, 3.63) is 17.5 Å². The van der Waals surface area contributed by atoms with Crippen molar-refractivity contribution in [2.24, 2.45) is 16.8 Å². The van der Waals surface area contributed by atoms with Crippen molar-refractivity contribution in [2.75, 3.05) is 46.6 Å². The second-order valence-corrected chi connectivity index (χ2v) is 7.58. The molecule has 2 rings (SSSR count). The van der Waals surface area contributed by atoms with Crippen LogP contribution in [-0.2, 0) is 16.0 Å². The van der Waals surface area contributed by atoms with Gasteiger partial charge < -0.3 is 20.1 Å². The van der Waals surface area contributed by atoms with Gasteiger partial charge in [-0.2, -0.15) is 5.10 Å². The number of hydrogen-bond acceptors (Lipinski definition) is 4. The summed E-state index contributed by atoms with van der Waals surface area (Å²) < 4.78 is 13.3. The lowest BCUT2D eigenvalue weighted by Gasteiger charge is -2.21. The quantitative estimate of drug-likeness (QED) is 0.370. The Hall–Kier alpha value is -1.60. The highest BCUT2D eigenvalue weighted by Gasteiger charge is 2.13. The Bertz CT molecular complexity index is 567. The van der Waals surface area contributed by atoms with Crippen molar-refractivity contribution in [1.29, 1.82) is 0 Å². The number of aryl methyl sites for hydroxylation is 2. The first-order chi connectivity index (χ1) is 13.1. The number of nitrogens with one attached hydrogen (secondary N) is 2. The third kappa shape index (κ3) is 8.30. The van der Waals surface area contributed by atoms with Crippen LogP contribution in [0.3, 0.4) is 0 Å². The molecule has 1 unspecified atom stereocenters. The van der Waals surface area contributed by atoms with E-state index < -0.39 is 0 Å². The molecule has 1 atom stereocenters. The summed E-state index contributed by atoms with van der Waals surface area (Å²) in [5, 5.41) is 11.3. The standard InChI is InChI=1S/C20H37N5O2/c1-16(14-25-18(3)12-17(2)24-25)13-23-20(21-4)22-8-5-9-27-15-19-6-10-26-11-7-19/h12,16,19H,5-11,13-15H2,1-4H3,(H2,21,22,23). The average Bonchev–Trinajstić information content (AvgIpc) is 2.98. The topological polar surface area (TPSA) is 72.7 Å². The van der Waals surface area contributed by atoms with E-state index in [1.807, 2.05) is 14.0 Å². The highest BCUT2D eigenvalue weighted by molar-refractivity contribution is 5.79. The summed E-state index contributed by atoms with van der Waals surface area (Å²) in [6.07, 6.45) is 3.24. The normalized spacial score (nSPS) is 17.1. The van der Waals surface area contributed by atoms with Gasteiger partial charge in [-0.1, -0.05) is 6.92 Å². The van der Waals surface area contributed by atoms with Crippen molar-refractivity contribution < 1.29 is 9.47 Å². The summed E-state index contributed by atoms with van der Waals surface area (Å²) in [5.74, 6) is 1.98. The van der Waals surface area contributed by atoms with E-state index in [1.165, 1.54) is 5.69 Å². The highest BCUT2D eigenvalue weighted by Crippen LogP contribution is 2.14. The van der Waals surface area contributed by atoms with Crippen molar-refractivity contribution in [1.82, 2.24) is 20.4 Å². The Kier molecular flexibility index (Phi) is 9.62. The molecule has 7 heteroatoms. The lowest BCUT2D eigenvalue weighted by atomic mass is 10.0. The molecule has 0 bridgehead atoms. The van der Waals surface area contributed by atoms with Gasteiger partial charge in [-0.25, -0.2) is 0 Å². The van der Waals surface area contributed by atoms with Gasteiger partial charge in [0, 0.05) is 58.8 Å². The Morgan fingerprint density at radius 1 is 1.37 bits per heavy atom. The van der Waals surface area contributed by atoms with Gasteiger partial charge in [0.05, 0.1) is 5.69 Å². The fraction of sp³-hybridized carbons (Fsp3) is 0.800. The minimum Gasteiger partial charge on any atom is -0.381 e. The molecule has 2 heterocycles. The Morgan fingerprint density at radius 3 is 2.81 bits per heavy atom. The van der Waals surface area contributed by atoms with Crippen LogP contribution in [-0.4, -0.2) is 62.3 Å². The van der Waals surface area contributed by atoms with E-state index in [-0.39, 0.29) is 0 Å². The van der Waals surface area contributed by atoms with Gasteiger partial charge in [-0.05, 0) is 51.0 Å². The van der Waals surface area contributed by atoms with Gasteiger partial charge in [0.1, 0.15) is 0 Å². The summed E-state index contributed by atoms with van der Waals surface area (Å²) in [4.78, 5) is 4.30. The highest BCUT2D eigenvalue weighted by atomic mass is 16.5. The van der Waals surface area contributed by atoms with Crippen LogP contribution in [0.4, 0.5) is 0 Å². The monoisotopic (exact) mass is 379 g/mol. The predicted molar refractivity (Wildman–Crippen MR) is 109 cm³/mol. The van der Waals surface area contributed by atoms with Gasteiger partial charge in [0.25, 0.3) is 0 Å². The molecule has 1 aliphatic rings. The summed E-state index contributed by atoms with van der Waals surface area (Å²) in [5.41, 5.74) is 2.28. The van der Waals surface area contributed by atoms with Crippen LogP contribution in [0.25, 0.3) is 0 Å². The van der Waals surface area contributed by atoms with Crippen LogP contribution in [0.1, 0.15) is 37.6 Å². The van der Waals surface area contributed by atoms with E-state index in [0.29, 0.717) is 11.8 Å².